The monoisotopic (exact) mass is 529 g/mol. The molecule has 0 radical (unpaired) electrons. The number of rotatable bonds is 5. The molecular formula is C22H26F3N5O3S2. The molecule has 5 heterocycles. The summed E-state index contributed by atoms with van der Waals surface area (Å²) in [6, 6.07) is 1.38. The minimum Gasteiger partial charge on any atom is -0.351 e. The number of amides is 1. The van der Waals surface area contributed by atoms with Crippen LogP contribution >= 0.6 is 11.3 Å². The van der Waals surface area contributed by atoms with Crippen LogP contribution in [0.1, 0.15) is 59.8 Å². The Morgan fingerprint density at radius 1 is 1.26 bits per heavy atom. The molecule has 5 rings (SSSR count). The van der Waals surface area contributed by atoms with Crippen LogP contribution in [0.4, 0.5) is 19.1 Å². The highest BCUT2D eigenvalue weighted by Gasteiger charge is 2.53. The smallest absolute Gasteiger partial charge is 0.351 e. The molecule has 1 atom stereocenters. The van der Waals surface area contributed by atoms with Crippen LogP contribution in [-0.2, 0) is 21.7 Å². The zero-order valence-corrected chi connectivity index (χ0v) is 21.0. The molecule has 0 bridgehead atoms. The molecule has 190 valence electrons. The number of thiophene rings is 1. The van der Waals surface area contributed by atoms with Gasteiger partial charge in [-0.2, -0.15) is 13.2 Å². The predicted octanol–water partition coefficient (Wildman–Crippen LogP) is 3.91. The summed E-state index contributed by atoms with van der Waals surface area (Å²) in [4.78, 5) is 24.2. The van der Waals surface area contributed by atoms with Crippen molar-refractivity contribution in [3.05, 3.63) is 28.3 Å². The molecule has 2 fully saturated rings. The zero-order valence-electron chi connectivity index (χ0n) is 19.4. The van der Waals surface area contributed by atoms with E-state index < -0.39 is 27.3 Å². The molecule has 1 N–H and O–H groups in total. The third-order valence-electron chi connectivity index (χ3n) is 7.29. The van der Waals surface area contributed by atoms with E-state index in [1.165, 1.54) is 15.6 Å². The number of aromatic nitrogens is 2. The average molecular weight is 530 g/mol. The predicted molar refractivity (Wildman–Crippen MR) is 126 cm³/mol. The summed E-state index contributed by atoms with van der Waals surface area (Å²) in [5.74, 6) is -0.0705. The Bertz CT molecular complexity index is 1270. The summed E-state index contributed by atoms with van der Waals surface area (Å²) in [5, 5.41) is 3.07. The standard InChI is InChI=1S/C22H26F3N5O3S2/c1-3-21-7-4-8-30(21)19(31)14-11-16(34-18(14)21)17-15(22(23,24)25)12-26-20(28-17)27-13-5-9-29(10-6-13)35(2,32)33/h11-13H,3-10H2,1-2H3,(H,26,27,28). The number of nitrogens with one attached hydrogen (secondary N) is 1. The van der Waals surface area contributed by atoms with Crippen LogP contribution in [0.5, 0.6) is 0 Å². The van der Waals surface area contributed by atoms with Gasteiger partial charge in [-0.3, -0.25) is 4.79 Å². The molecule has 1 unspecified atom stereocenters. The zero-order chi connectivity index (χ0) is 25.2. The summed E-state index contributed by atoms with van der Waals surface area (Å²) < 4.78 is 66.5. The van der Waals surface area contributed by atoms with Crippen LogP contribution in [0, 0.1) is 0 Å². The average Bonchev–Trinajstić information content (AvgIpc) is 3.47. The Morgan fingerprint density at radius 2 is 1.97 bits per heavy atom. The van der Waals surface area contributed by atoms with Gasteiger partial charge in [0.2, 0.25) is 16.0 Å². The van der Waals surface area contributed by atoms with Gasteiger partial charge < -0.3 is 10.2 Å². The number of piperidine rings is 1. The molecule has 8 nitrogen and oxygen atoms in total. The minimum atomic E-state index is -4.66. The van der Waals surface area contributed by atoms with Crippen molar-refractivity contribution < 1.29 is 26.4 Å². The van der Waals surface area contributed by atoms with Crippen molar-refractivity contribution in [1.29, 1.82) is 0 Å². The Labute approximate surface area is 205 Å². The third kappa shape index (κ3) is 4.10. The maximum atomic E-state index is 13.9. The Hall–Kier alpha value is -2.25. The molecule has 3 aliphatic rings. The second kappa shape index (κ2) is 8.41. The Kier molecular flexibility index (Phi) is 5.87. The lowest BCUT2D eigenvalue weighted by atomic mass is 9.92. The van der Waals surface area contributed by atoms with E-state index >= 15 is 0 Å². The van der Waals surface area contributed by atoms with Crippen molar-refractivity contribution in [2.45, 2.75) is 56.8 Å². The number of fused-ring (bicyclic) bond motifs is 3. The fourth-order valence-corrected chi connectivity index (χ4v) is 7.78. The van der Waals surface area contributed by atoms with Crippen LogP contribution in [0.15, 0.2) is 12.3 Å². The van der Waals surface area contributed by atoms with Crippen molar-refractivity contribution in [2.24, 2.45) is 0 Å². The van der Waals surface area contributed by atoms with E-state index in [1.807, 2.05) is 11.8 Å². The van der Waals surface area contributed by atoms with Gasteiger partial charge in [0, 0.05) is 36.8 Å². The van der Waals surface area contributed by atoms with Gasteiger partial charge in [0.25, 0.3) is 5.91 Å². The van der Waals surface area contributed by atoms with Gasteiger partial charge in [-0.05, 0) is 38.2 Å². The van der Waals surface area contributed by atoms with Crippen LogP contribution < -0.4 is 5.32 Å². The summed E-state index contributed by atoms with van der Waals surface area (Å²) in [5.41, 5.74) is -1.15. The SMILES string of the molecule is CCC12CCCN1C(=O)c1cc(-c3nc(NC4CCN(S(C)(=O)=O)CC4)ncc3C(F)(F)F)sc12. The van der Waals surface area contributed by atoms with Gasteiger partial charge in [0.1, 0.15) is 5.56 Å². The van der Waals surface area contributed by atoms with Gasteiger partial charge in [-0.15, -0.1) is 11.3 Å². The molecule has 0 spiro atoms. The first-order valence-corrected chi connectivity index (χ1v) is 14.2. The fraction of sp³-hybridized carbons (Fsp3) is 0.591. The molecule has 1 amide bonds. The Balaban J connectivity index is 1.47. The number of carbonyl (C=O) groups excluding carboxylic acids is 1. The molecule has 0 aliphatic carbocycles. The summed E-state index contributed by atoms with van der Waals surface area (Å²) >= 11 is 1.21. The number of hydrogen-bond donors (Lipinski definition) is 1. The van der Waals surface area contributed by atoms with E-state index in [4.69, 9.17) is 0 Å². The summed E-state index contributed by atoms with van der Waals surface area (Å²) in [6.07, 6.45) is 0.641. The van der Waals surface area contributed by atoms with Crippen molar-refractivity contribution in [3.63, 3.8) is 0 Å². The highest BCUT2D eigenvalue weighted by molar-refractivity contribution is 7.88. The molecule has 3 aliphatic heterocycles. The lowest BCUT2D eigenvalue weighted by Gasteiger charge is -2.31. The number of sulfonamides is 1. The third-order valence-corrected chi connectivity index (χ3v) is 9.93. The van der Waals surface area contributed by atoms with Crippen LogP contribution in [0.3, 0.4) is 0 Å². The summed E-state index contributed by atoms with van der Waals surface area (Å²) in [6.45, 7) is 3.30. The molecule has 2 aromatic rings. The highest BCUT2D eigenvalue weighted by Crippen LogP contribution is 2.53. The molecule has 2 aromatic heterocycles. The number of hydrogen-bond acceptors (Lipinski definition) is 7. The van der Waals surface area contributed by atoms with E-state index in [2.05, 4.69) is 15.3 Å². The lowest BCUT2D eigenvalue weighted by Crippen LogP contribution is -2.42. The number of anilines is 1. The number of halogens is 3. The van der Waals surface area contributed by atoms with E-state index in [9.17, 15) is 26.4 Å². The van der Waals surface area contributed by atoms with Gasteiger partial charge in [0.05, 0.1) is 27.9 Å². The van der Waals surface area contributed by atoms with Gasteiger partial charge >= 0.3 is 6.18 Å². The molecule has 13 heteroatoms. The van der Waals surface area contributed by atoms with Crippen LogP contribution in [0.25, 0.3) is 10.6 Å². The van der Waals surface area contributed by atoms with Gasteiger partial charge in [-0.25, -0.2) is 22.7 Å². The topological polar surface area (TPSA) is 95.5 Å². The molecular weight excluding hydrogens is 503 g/mol. The van der Waals surface area contributed by atoms with Crippen LogP contribution in [0.2, 0.25) is 0 Å². The van der Waals surface area contributed by atoms with E-state index in [-0.39, 0.29) is 23.6 Å². The van der Waals surface area contributed by atoms with Gasteiger partial charge in [0.15, 0.2) is 0 Å². The molecule has 35 heavy (non-hydrogen) atoms. The van der Waals surface area contributed by atoms with Crippen molar-refractivity contribution in [2.75, 3.05) is 31.2 Å². The maximum Gasteiger partial charge on any atom is 0.420 e. The number of carbonyl (C=O) groups is 1. The first-order chi connectivity index (χ1) is 16.4. The van der Waals surface area contributed by atoms with E-state index in [0.717, 1.165) is 30.2 Å². The van der Waals surface area contributed by atoms with E-state index in [0.29, 0.717) is 49.3 Å². The van der Waals surface area contributed by atoms with Gasteiger partial charge in [-0.1, -0.05) is 6.92 Å². The largest absolute Gasteiger partial charge is 0.420 e. The minimum absolute atomic E-state index is 0.0541. The molecule has 0 saturated carbocycles. The molecule has 0 aromatic carbocycles. The second-order valence-corrected chi connectivity index (χ2v) is 12.4. The molecule has 2 saturated heterocycles. The quantitative estimate of drug-likeness (QED) is 0.631. The van der Waals surface area contributed by atoms with Crippen LogP contribution in [-0.4, -0.2) is 65.4 Å². The van der Waals surface area contributed by atoms with Crippen molar-refractivity contribution in [1.82, 2.24) is 19.2 Å². The fourth-order valence-electron chi connectivity index (χ4n) is 5.46. The maximum absolute atomic E-state index is 13.9. The number of alkyl halides is 3. The lowest BCUT2D eigenvalue weighted by molar-refractivity contribution is -0.137. The highest BCUT2D eigenvalue weighted by atomic mass is 32.2. The van der Waals surface area contributed by atoms with E-state index in [1.54, 1.807) is 6.07 Å². The first kappa shape index (κ1) is 24.4. The normalized spacial score (nSPS) is 23.6. The number of nitrogens with zero attached hydrogens (tertiary/aromatic N) is 4. The van der Waals surface area contributed by atoms with Crippen molar-refractivity contribution in [3.8, 4) is 10.6 Å². The Morgan fingerprint density at radius 3 is 2.60 bits per heavy atom. The second-order valence-electron chi connectivity index (χ2n) is 9.33. The van der Waals surface area contributed by atoms with Crippen molar-refractivity contribution >= 4 is 33.2 Å². The summed E-state index contributed by atoms with van der Waals surface area (Å²) in [7, 11) is -3.28. The first-order valence-electron chi connectivity index (χ1n) is 11.6.